The summed E-state index contributed by atoms with van der Waals surface area (Å²) in [5.41, 5.74) is 1.86. The molecule has 0 saturated carbocycles. The van der Waals surface area contributed by atoms with Gasteiger partial charge >= 0.3 is 5.97 Å². The van der Waals surface area contributed by atoms with E-state index in [1.807, 2.05) is 13.0 Å². The van der Waals surface area contributed by atoms with Crippen LogP contribution in [-0.4, -0.2) is 34.0 Å². The van der Waals surface area contributed by atoms with Gasteiger partial charge in [0, 0.05) is 23.1 Å². The number of Topliss-reactive ketones (excluding diaryl/α,β-unsaturated/α-hetero) is 1. The highest BCUT2D eigenvalue weighted by molar-refractivity contribution is 6.05. The van der Waals surface area contributed by atoms with Gasteiger partial charge in [-0.25, -0.2) is 4.79 Å². The molecule has 3 aromatic rings. The molecule has 0 aliphatic carbocycles. The number of rotatable bonds is 7. The molecule has 0 radical (unpaired) electrons. The highest BCUT2D eigenvalue weighted by Gasteiger charge is 2.23. The number of benzene rings is 2. The Kier molecular flexibility index (Phi) is 5.84. The predicted molar refractivity (Wildman–Crippen MR) is 105 cm³/mol. The standard InChI is InChI=1S/C21H21N3O4/c1-3-6-18(25)22-15-11-9-14(10-12-15)20(26)13(2)28-21(27)19-16-7-4-5-8-17(16)23-24-19/h4-5,7-13H,3,6H2,1-2H3,(H,22,25)(H,23,24). The van der Waals surface area contributed by atoms with Crippen LogP contribution >= 0.6 is 0 Å². The third-order valence-electron chi connectivity index (χ3n) is 4.25. The monoisotopic (exact) mass is 379 g/mol. The third-order valence-corrected chi connectivity index (χ3v) is 4.25. The first kappa shape index (κ1) is 19.3. The second-order valence-electron chi connectivity index (χ2n) is 6.41. The summed E-state index contributed by atoms with van der Waals surface area (Å²) in [6, 6.07) is 13.7. The number of ketones is 1. The van der Waals surface area contributed by atoms with Crippen LogP contribution in [0.15, 0.2) is 48.5 Å². The van der Waals surface area contributed by atoms with Crippen LogP contribution in [-0.2, 0) is 9.53 Å². The fourth-order valence-corrected chi connectivity index (χ4v) is 2.79. The molecule has 0 spiro atoms. The quantitative estimate of drug-likeness (QED) is 0.481. The van der Waals surface area contributed by atoms with Gasteiger partial charge in [-0.05, 0) is 43.7 Å². The van der Waals surface area contributed by atoms with Gasteiger partial charge in [-0.3, -0.25) is 14.7 Å². The van der Waals surface area contributed by atoms with Crippen molar-refractivity contribution in [2.75, 3.05) is 5.32 Å². The molecule has 3 rings (SSSR count). The van der Waals surface area contributed by atoms with E-state index in [1.54, 1.807) is 42.5 Å². The molecule has 0 saturated heterocycles. The lowest BCUT2D eigenvalue weighted by molar-refractivity contribution is -0.116. The van der Waals surface area contributed by atoms with E-state index in [0.717, 1.165) is 6.42 Å². The molecule has 0 fully saturated rings. The number of amides is 1. The number of nitrogens with one attached hydrogen (secondary N) is 2. The van der Waals surface area contributed by atoms with E-state index in [1.165, 1.54) is 6.92 Å². The molecule has 28 heavy (non-hydrogen) atoms. The summed E-state index contributed by atoms with van der Waals surface area (Å²) in [4.78, 5) is 36.6. The first-order chi connectivity index (χ1) is 13.5. The van der Waals surface area contributed by atoms with Crippen molar-refractivity contribution in [1.29, 1.82) is 0 Å². The Bertz CT molecular complexity index is 1010. The van der Waals surface area contributed by atoms with Gasteiger partial charge in [-0.15, -0.1) is 0 Å². The van der Waals surface area contributed by atoms with Crippen LogP contribution in [0.5, 0.6) is 0 Å². The van der Waals surface area contributed by atoms with Crippen molar-refractivity contribution in [3.05, 3.63) is 59.8 Å². The first-order valence-electron chi connectivity index (χ1n) is 9.07. The fraction of sp³-hybridized carbons (Fsp3) is 0.238. The third kappa shape index (κ3) is 4.25. The van der Waals surface area contributed by atoms with Gasteiger partial charge < -0.3 is 10.1 Å². The molecule has 144 valence electrons. The number of aromatic nitrogens is 2. The second-order valence-corrected chi connectivity index (χ2v) is 6.41. The number of para-hydroxylation sites is 1. The van der Waals surface area contributed by atoms with Crippen molar-refractivity contribution in [3.63, 3.8) is 0 Å². The summed E-state index contributed by atoms with van der Waals surface area (Å²) in [5, 5.41) is 10.1. The Morgan fingerprint density at radius 2 is 1.82 bits per heavy atom. The summed E-state index contributed by atoms with van der Waals surface area (Å²) < 4.78 is 5.31. The summed E-state index contributed by atoms with van der Waals surface area (Å²) in [5.74, 6) is -1.07. The maximum absolute atomic E-state index is 12.6. The first-order valence-corrected chi connectivity index (χ1v) is 9.07. The van der Waals surface area contributed by atoms with Crippen LogP contribution in [0, 0.1) is 0 Å². The molecule has 2 aromatic carbocycles. The Labute approximate surface area is 162 Å². The summed E-state index contributed by atoms with van der Waals surface area (Å²) in [6.45, 7) is 3.45. The average Bonchev–Trinajstić information content (AvgIpc) is 3.12. The van der Waals surface area contributed by atoms with Crippen molar-refractivity contribution in [1.82, 2.24) is 10.2 Å². The average molecular weight is 379 g/mol. The molecule has 7 nitrogen and oxygen atoms in total. The number of aromatic amines is 1. The number of carbonyl (C=O) groups excluding carboxylic acids is 3. The van der Waals surface area contributed by atoms with Crippen molar-refractivity contribution in [2.45, 2.75) is 32.8 Å². The summed E-state index contributed by atoms with van der Waals surface area (Å²) >= 11 is 0. The molecule has 1 heterocycles. The van der Waals surface area contributed by atoms with Crippen LogP contribution in [0.3, 0.4) is 0 Å². The molecule has 7 heteroatoms. The minimum Gasteiger partial charge on any atom is -0.449 e. The normalized spacial score (nSPS) is 11.8. The van der Waals surface area contributed by atoms with E-state index in [9.17, 15) is 14.4 Å². The van der Waals surface area contributed by atoms with Crippen LogP contribution in [0.25, 0.3) is 10.9 Å². The Morgan fingerprint density at radius 3 is 2.54 bits per heavy atom. The van der Waals surface area contributed by atoms with E-state index >= 15 is 0 Å². The second kappa shape index (κ2) is 8.47. The van der Waals surface area contributed by atoms with Crippen molar-refractivity contribution in [3.8, 4) is 0 Å². The van der Waals surface area contributed by atoms with Gasteiger partial charge in [0.2, 0.25) is 11.7 Å². The van der Waals surface area contributed by atoms with Crippen molar-refractivity contribution >= 4 is 34.3 Å². The molecule has 2 N–H and O–H groups in total. The summed E-state index contributed by atoms with van der Waals surface area (Å²) in [6.07, 6.45) is 0.232. The number of carbonyl (C=O) groups is 3. The Morgan fingerprint density at radius 1 is 1.11 bits per heavy atom. The van der Waals surface area contributed by atoms with Crippen LogP contribution in [0.2, 0.25) is 0 Å². The van der Waals surface area contributed by atoms with Gasteiger partial charge in [0.05, 0.1) is 5.52 Å². The van der Waals surface area contributed by atoms with Crippen LogP contribution < -0.4 is 5.32 Å². The van der Waals surface area contributed by atoms with E-state index in [-0.39, 0.29) is 17.4 Å². The molecular formula is C21H21N3O4. The van der Waals surface area contributed by atoms with Crippen LogP contribution in [0.1, 0.15) is 47.5 Å². The number of hydrogen-bond acceptors (Lipinski definition) is 5. The number of nitrogens with zero attached hydrogens (tertiary/aromatic N) is 1. The summed E-state index contributed by atoms with van der Waals surface area (Å²) in [7, 11) is 0. The fourth-order valence-electron chi connectivity index (χ4n) is 2.79. The molecule has 1 amide bonds. The Balaban J connectivity index is 1.65. The van der Waals surface area contributed by atoms with Gasteiger partial charge in [0.1, 0.15) is 0 Å². The van der Waals surface area contributed by atoms with Crippen molar-refractivity contribution < 1.29 is 19.1 Å². The predicted octanol–water partition coefficient (Wildman–Crippen LogP) is 3.73. The number of anilines is 1. The molecule has 1 aromatic heterocycles. The van der Waals surface area contributed by atoms with E-state index < -0.39 is 12.1 Å². The van der Waals surface area contributed by atoms with Gasteiger partial charge in [-0.1, -0.05) is 25.1 Å². The SMILES string of the molecule is CCCC(=O)Nc1ccc(C(=O)C(C)OC(=O)c2n[nH]c3ccccc23)cc1. The van der Waals surface area contributed by atoms with E-state index in [4.69, 9.17) is 4.74 Å². The van der Waals surface area contributed by atoms with Crippen molar-refractivity contribution in [2.24, 2.45) is 0 Å². The number of ether oxygens (including phenoxy) is 1. The number of fused-ring (bicyclic) bond motifs is 1. The zero-order valence-electron chi connectivity index (χ0n) is 15.7. The zero-order valence-corrected chi connectivity index (χ0v) is 15.7. The molecule has 0 aliphatic heterocycles. The molecular weight excluding hydrogens is 358 g/mol. The van der Waals surface area contributed by atoms with E-state index in [0.29, 0.717) is 28.6 Å². The lowest BCUT2D eigenvalue weighted by Crippen LogP contribution is -2.24. The molecule has 1 atom stereocenters. The van der Waals surface area contributed by atoms with Gasteiger partial charge in [0.15, 0.2) is 11.8 Å². The number of H-pyrrole nitrogens is 1. The molecule has 1 unspecified atom stereocenters. The minimum absolute atomic E-state index is 0.0740. The minimum atomic E-state index is -0.969. The largest absolute Gasteiger partial charge is 0.449 e. The molecule has 0 aliphatic rings. The molecule has 0 bridgehead atoms. The lowest BCUT2D eigenvalue weighted by Gasteiger charge is -2.12. The highest BCUT2D eigenvalue weighted by Crippen LogP contribution is 2.18. The number of hydrogen-bond donors (Lipinski definition) is 2. The van der Waals surface area contributed by atoms with Crippen LogP contribution in [0.4, 0.5) is 5.69 Å². The number of esters is 1. The van der Waals surface area contributed by atoms with Gasteiger partial charge in [0.25, 0.3) is 0 Å². The van der Waals surface area contributed by atoms with E-state index in [2.05, 4.69) is 15.5 Å². The zero-order chi connectivity index (χ0) is 20.1. The lowest BCUT2D eigenvalue weighted by atomic mass is 10.1. The Hall–Kier alpha value is -3.48. The maximum Gasteiger partial charge on any atom is 0.360 e. The van der Waals surface area contributed by atoms with Gasteiger partial charge in [-0.2, -0.15) is 5.10 Å². The highest BCUT2D eigenvalue weighted by atomic mass is 16.5. The smallest absolute Gasteiger partial charge is 0.360 e. The maximum atomic E-state index is 12.6. The topological polar surface area (TPSA) is 101 Å².